The van der Waals surface area contributed by atoms with Gasteiger partial charge in [-0.15, -0.1) is 11.3 Å². The number of nitrogens with zero attached hydrogens (tertiary/aromatic N) is 4. The Bertz CT molecular complexity index is 1150. The number of nitrogen functional groups attached to an aromatic ring is 1. The summed E-state index contributed by atoms with van der Waals surface area (Å²) in [5, 5.41) is 23.0. The Labute approximate surface area is 216 Å². The fourth-order valence-corrected chi connectivity index (χ4v) is 8.10. The molecule has 7 nitrogen and oxygen atoms in total. The lowest BCUT2D eigenvalue weighted by molar-refractivity contribution is 0.463. The number of anilines is 2. The van der Waals surface area contributed by atoms with Gasteiger partial charge in [-0.2, -0.15) is 17.0 Å². The minimum absolute atomic E-state index is 0.219. The number of aryl methyl sites for hydroxylation is 1. The van der Waals surface area contributed by atoms with Crippen molar-refractivity contribution in [1.82, 2.24) is 15.3 Å². The summed E-state index contributed by atoms with van der Waals surface area (Å²) in [6, 6.07) is 4.24. The quantitative estimate of drug-likeness (QED) is 0.521. The van der Waals surface area contributed by atoms with Crippen LogP contribution in [0.2, 0.25) is 0 Å². The van der Waals surface area contributed by atoms with Gasteiger partial charge in [0, 0.05) is 47.6 Å². The predicted molar refractivity (Wildman–Crippen MR) is 148 cm³/mol. The number of rotatable bonds is 3. The Morgan fingerprint density at radius 2 is 2.11 bits per heavy atom. The number of hydrogen-bond acceptors (Lipinski definition) is 9. The van der Waals surface area contributed by atoms with Crippen molar-refractivity contribution in [2.24, 2.45) is 0 Å². The van der Waals surface area contributed by atoms with Crippen molar-refractivity contribution in [1.29, 1.82) is 10.7 Å². The molecule has 1 fully saturated rings. The Balaban J connectivity index is 0.00000141. The highest BCUT2D eigenvalue weighted by Gasteiger charge is 2.45. The molecule has 186 valence electrons. The standard InChI is InChI=1S/C24H29N7S2.C2H6/c1-15-17(21(26)18-5-8-29-23(30-18)31-10-3-7-28-9-11-31)13-32-14-24(15)6-2-4-19-20(24)16(12-25)22(27)33-19;1-2/h5,8,26,28H,2-4,6-7,9-11,13-14,27H2,1H3;1-2H3. The van der Waals surface area contributed by atoms with Gasteiger partial charge in [-0.05, 0) is 56.4 Å². The number of nitriles is 1. The molecule has 1 aliphatic carbocycles. The molecule has 0 bridgehead atoms. The number of nitrogens with two attached hydrogens (primary N) is 1. The van der Waals surface area contributed by atoms with Crippen LogP contribution in [0.15, 0.2) is 23.4 Å². The molecule has 1 spiro atoms. The number of thioether (sulfide) groups is 1. The SMILES string of the molecule is CC.CC1=C(C(=N)c2ccnc(N3CCCNCC3)n2)CSCC12CCCc1sc(N)c(C#N)c12. The second kappa shape index (κ2) is 11.1. The molecule has 3 aliphatic rings. The summed E-state index contributed by atoms with van der Waals surface area (Å²) in [7, 11) is 0. The summed E-state index contributed by atoms with van der Waals surface area (Å²) < 4.78 is 0. The van der Waals surface area contributed by atoms with Crippen molar-refractivity contribution in [2.75, 3.05) is 48.3 Å². The molecule has 0 radical (unpaired) electrons. The van der Waals surface area contributed by atoms with E-state index in [4.69, 9.17) is 16.1 Å². The van der Waals surface area contributed by atoms with E-state index in [-0.39, 0.29) is 5.41 Å². The molecule has 9 heteroatoms. The smallest absolute Gasteiger partial charge is 0.225 e. The van der Waals surface area contributed by atoms with E-state index >= 15 is 0 Å². The third-order valence-corrected chi connectivity index (χ3v) is 9.46. The molecule has 4 N–H and O–H groups in total. The van der Waals surface area contributed by atoms with E-state index in [1.165, 1.54) is 10.5 Å². The summed E-state index contributed by atoms with van der Waals surface area (Å²) in [5.74, 6) is 2.43. The Hall–Kier alpha value is -2.41. The molecule has 35 heavy (non-hydrogen) atoms. The van der Waals surface area contributed by atoms with Crippen molar-refractivity contribution >= 4 is 39.8 Å². The predicted octanol–water partition coefficient (Wildman–Crippen LogP) is 4.52. The fraction of sp³-hybridized carbons (Fsp3) is 0.538. The van der Waals surface area contributed by atoms with Gasteiger partial charge in [-0.3, -0.25) is 5.41 Å². The van der Waals surface area contributed by atoms with Gasteiger partial charge in [0.2, 0.25) is 5.95 Å². The number of aromatic nitrogens is 2. The van der Waals surface area contributed by atoms with Crippen LogP contribution in [0.5, 0.6) is 0 Å². The van der Waals surface area contributed by atoms with Gasteiger partial charge in [0.05, 0.1) is 17.0 Å². The number of fused-ring (bicyclic) bond motifs is 2. The van der Waals surface area contributed by atoms with Crippen molar-refractivity contribution in [3.8, 4) is 6.07 Å². The van der Waals surface area contributed by atoms with E-state index < -0.39 is 0 Å². The van der Waals surface area contributed by atoms with Crippen molar-refractivity contribution in [2.45, 2.75) is 51.9 Å². The summed E-state index contributed by atoms with van der Waals surface area (Å²) in [5.41, 5.74) is 11.2. The van der Waals surface area contributed by atoms with Gasteiger partial charge in [0.15, 0.2) is 0 Å². The maximum absolute atomic E-state index is 9.88. The van der Waals surface area contributed by atoms with Crippen LogP contribution in [0.1, 0.15) is 61.7 Å². The van der Waals surface area contributed by atoms with Crippen LogP contribution >= 0.6 is 23.1 Å². The second-order valence-electron chi connectivity index (χ2n) is 8.99. The van der Waals surface area contributed by atoms with Crippen molar-refractivity contribution < 1.29 is 0 Å². The lowest BCUT2D eigenvalue weighted by Crippen LogP contribution is -2.39. The largest absolute Gasteiger partial charge is 0.389 e. The molecule has 0 saturated carbocycles. The fourth-order valence-electron chi connectivity index (χ4n) is 5.42. The first-order valence-corrected chi connectivity index (χ1v) is 14.5. The van der Waals surface area contributed by atoms with E-state index in [0.29, 0.717) is 27.9 Å². The molecule has 1 unspecified atom stereocenters. The van der Waals surface area contributed by atoms with E-state index in [0.717, 1.165) is 74.5 Å². The van der Waals surface area contributed by atoms with Crippen LogP contribution in [0, 0.1) is 16.7 Å². The molecule has 1 saturated heterocycles. The van der Waals surface area contributed by atoms with Gasteiger partial charge >= 0.3 is 0 Å². The number of allylic oxidation sites excluding steroid dienone is 1. The lowest BCUT2D eigenvalue weighted by atomic mass is 9.66. The average Bonchev–Trinajstić information content (AvgIpc) is 3.04. The molecule has 1 atom stereocenters. The third-order valence-electron chi connectivity index (χ3n) is 7.20. The number of nitrogens with one attached hydrogen (secondary N) is 2. The van der Waals surface area contributed by atoms with Gasteiger partial charge in [-0.25, -0.2) is 9.97 Å². The Morgan fingerprint density at radius 1 is 1.29 bits per heavy atom. The Kier molecular flexibility index (Phi) is 8.15. The maximum atomic E-state index is 9.88. The first-order valence-electron chi connectivity index (χ1n) is 12.5. The zero-order chi connectivity index (χ0) is 25.0. The monoisotopic (exact) mass is 509 g/mol. The summed E-state index contributed by atoms with van der Waals surface area (Å²) in [6.45, 7) is 9.88. The van der Waals surface area contributed by atoms with Crippen molar-refractivity contribution in [3.63, 3.8) is 0 Å². The average molecular weight is 510 g/mol. The lowest BCUT2D eigenvalue weighted by Gasteiger charge is -2.43. The molecule has 4 heterocycles. The van der Waals surface area contributed by atoms with Gasteiger partial charge in [0.25, 0.3) is 0 Å². The van der Waals surface area contributed by atoms with Crippen LogP contribution in [0.3, 0.4) is 0 Å². The minimum atomic E-state index is -0.219. The van der Waals surface area contributed by atoms with Crippen LogP contribution in [-0.2, 0) is 11.8 Å². The van der Waals surface area contributed by atoms with E-state index in [2.05, 4.69) is 28.2 Å². The normalized spacial score (nSPS) is 22.1. The number of hydrogen-bond donors (Lipinski definition) is 3. The third kappa shape index (κ3) is 4.72. The van der Waals surface area contributed by atoms with E-state index in [1.54, 1.807) is 17.5 Å². The number of thiophene rings is 1. The zero-order valence-corrected chi connectivity index (χ0v) is 22.5. The van der Waals surface area contributed by atoms with Crippen LogP contribution in [-0.4, -0.2) is 53.4 Å². The highest BCUT2D eigenvalue weighted by Crippen LogP contribution is 2.53. The topological polar surface area (TPSA) is 115 Å². The molecule has 2 aliphatic heterocycles. The first-order chi connectivity index (χ1) is 17.0. The molecule has 0 amide bonds. The van der Waals surface area contributed by atoms with Gasteiger partial charge in [-0.1, -0.05) is 19.4 Å². The summed E-state index contributed by atoms with van der Waals surface area (Å²) in [4.78, 5) is 12.8. The summed E-state index contributed by atoms with van der Waals surface area (Å²) >= 11 is 3.43. The van der Waals surface area contributed by atoms with E-state index in [9.17, 15) is 5.26 Å². The second-order valence-corrected chi connectivity index (χ2v) is 11.1. The molecule has 2 aromatic heterocycles. The highest BCUT2D eigenvalue weighted by molar-refractivity contribution is 7.99. The van der Waals surface area contributed by atoms with Gasteiger partial charge in [0.1, 0.15) is 11.1 Å². The van der Waals surface area contributed by atoms with E-state index in [1.807, 2.05) is 31.7 Å². The molecule has 0 aromatic carbocycles. The highest BCUT2D eigenvalue weighted by atomic mass is 32.2. The van der Waals surface area contributed by atoms with Gasteiger partial charge < -0.3 is 16.0 Å². The first kappa shape index (κ1) is 25.7. The molecular formula is C26H35N7S2. The molecular weight excluding hydrogens is 474 g/mol. The zero-order valence-electron chi connectivity index (χ0n) is 20.9. The molecule has 5 rings (SSSR count). The maximum Gasteiger partial charge on any atom is 0.225 e. The van der Waals surface area contributed by atoms with Crippen LogP contribution in [0.4, 0.5) is 10.9 Å². The molecule has 2 aromatic rings. The summed E-state index contributed by atoms with van der Waals surface area (Å²) in [6.07, 6.45) is 5.89. The Morgan fingerprint density at radius 3 is 2.91 bits per heavy atom. The minimum Gasteiger partial charge on any atom is -0.389 e. The van der Waals surface area contributed by atoms with Crippen molar-refractivity contribution in [3.05, 3.63) is 45.1 Å². The van der Waals surface area contributed by atoms with Crippen LogP contribution < -0.4 is 16.0 Å². The van der Waals surface area contributed by atoms with Crippen LogP contribution in [0.25, 0.3) is 0 Å².